The van der Waals surface area contributed by atoms with Crippen molar-refractivity contribution in [3.05, 3.63) is 24.1 Å². The van der Waals surface area contributed by atoms with Crippen LogP contribution in [0.4, 0.5) is 10.2 Å². The van der Waals surface area contributed by atoms with E-state index in [0.717, 1.165) is 12.6 Å². The highest BCUT2D eigenvalue weighted by atomic mass is 19.1. The molecule has 0 fully saturated rings. The lowest BCUT2D eigenvalue weighted by molar-refractivity contribution is -0.117. The van der Waals surface area contributed by atoms with Gasteiger partial charge in [-0.1, -0.05) is 13.8 Å². The van der Waals surface area contributed by atoms with Crippen molar-refractivity contribution in [2.45, 2.75) is 26.7 Å². The molecule has 1 rings (SSSR count). The standard InChI is InChI=1S/C13H20FN3O/c1-9(2)5-10(7-15)6-13(18)17-12-4-3-11(14)8-16-12/h3-4,8-10H,5-7,15H2,1-2H3,(H,16,17,18). The number of hydrogen-bond acceptors (Lipinski definition) is 3. The van der Waals surface area contributed by atoms with E-state index >= 15 is 0 Å². The average Bonchev–Trinajstić information content (AvgIpc) is 2.30. The van der Waals surface area contributed by atoms with E-state index in [2.05, 4.69) is 24.1 Å². The van der Waals surface area contributed by atoms with Crippen molar-refractivity contribution in [2.75, 3.05) is 11.9 Å². The van der Waals surface area contributed by atoms with E-state index in [0.29, 0.717) is 24.7 Å². The van der Waals surface area contributed by atoms with Gasteiger partial charge in [-0.05, 0) is 36.9 Å². The number of carbonyl (C=O) groups is 1. The molecule has 1 aromatic rings. The van der Waals surface area contributed by atoms with Crippen molar-refractivity contribution in [3.8, 4) is 0 Å². The predicted molar refractivity (Wildman–Crippen MR) is 69.4 cm³/mol. The Kier molecular flexibility index (Phi) is 5.71. The van der Waals surface area contributed by atoms with Gasteiger partial charge in [-0.15, -0.1) is 0 Å². The summed E-state index contributed by atoms with van der Waals surface area (Å²) in [5.41, 5.74) is 5.64. The average molecular weight is 253 g/mol. The van der Waals surface area contributed by atoms with Gasteiger partial charge in [0.25, 0.3) is 0 Å². The van der Waals surface area contributed by atoms with Crippen LogP contribution in [-0.4, -0.2) is 17.4 Å². The molecule has 0 aliphatic rings. The van der Waals surface area contributed by atoms with Crippen LogP contribution in [0.3, 0.4) is 0 Å². The Morgan fingerprint density at radius 3 is 2.72 bits per heavy atom. The van der Waals surface area contributed by atoms with Gasteiger partial charge >= 0.3 is 0 Å². The Morgan fingerprint density at radius 2 is 2.22 bits per heavy atom. The SMILES string of the molecule is CC(C)CC(CN)CC(=O)Nc1ccc(F)cn1. The Balaban J connectivity index is 2.47. The third kappa shape index (κ3) is 5.23. The van der Waals surface area contributed by atoms with Crippen molar-refractivity contribution >= 4 is 11.7 Å². The number of pyridine rings is 1. The summed E-state index contributed by atoms with van der Waals surface area (Å²) in [6.45, 7) is 4.69. The molecular weight excluding hydrogens is 233 g/mol. The van der Waals surface area contributed by atoms with Crippen LogP contribution in [0, 0.1) is 17.7 Å². The molecule has 18 heavy (non-hydrogen) atoms. The summed E-state index contributed by atoms with van der Waals surface area (Å²) in [7, 11) is 0. The Labute approximate surface area is 107 Å². The van der Waals surface area contributed by atoms with Crippen LogP contribution in [0.1, 0.15) is 26.7 Å². The Bertz CT molecular complexity index is 378. The maximum absolute atomic E-state index is 12.6. The van der Waals surface area contributed by atoms with Gasteiger partial charge in [0.05, 0.1) is 6.20 Å². The van der Waals surface area contributed by atoms with Crippen LogP contribution in [0.15, 0.2) is 18.3 Å². The second-order valence-electron chi connectivity index (χ2n) is 4.85. The highest BCUT2D eigenvalue weighted by Crippen LogP contribution is 2.15. The molecule has 5 heteroatoms. The monoisotopic (exact) mass is 253 g/mol. The lowest BCUT2D eigenvalue weighted by Crippen LogP contribution is -2.23. The first kappa shape index (κ1) is 14.6. The molecule has 0 aliphatic carbocycles. The summed E-state index contributed by atoms with van der Waals surface area (Å²) in [4.78, 5) is 15.5. The molecule has 1 heterocycles. The van der Waals surface area contributed by atoms with Crippen LogP contribution < -0.4 is 11.1 Å². The van der Waals surface area contributed by atoms with Crippen molar-refractivity contribution in [2.24, 2.45) is 17.6 Å². The molecule has 0 spiro atoms. The fraction of sp³-hybridized carbons (Fsp3) is 0.538. The number of carbonyl (C=O) groups excluding carboxylic acids is 1. The molecular formula is C13H20FN3O. The van der Waals surface area contributed by atoms with Crippen LogP contribution in [0.5, 0.6) is 0 Å². The molecule has 1 amide bonds. The largest absolute Gasteiger partial charge is 0.330 e. The third-order valence-corrected chi connectivity index (χ3v) is 2.61. The zero-order valence-electron chi connectivity index (χ0n) is 10.8. The van der Waals surface area contributed by atoms with Gasteiger partial charge in [0.1, 0.15) is 11.6 Å². The van der Waals surface area contributed by atoms with E-state index in [9.17, 15) is 9.18 Å². The van der Waals surface area contributed by atoms with E-state index < -0.39 is 5.82 Å². The van der Waals surface area contributed by atoms with E-state index in [1.54, 1.807) is 0 Å². The molecule has 0 saturated carbocycles. The summed E-state index contributed by atoms with van der Waals surface area (Å²) in [6.07, 6.45) is 2.36. The highest BCUT2D eigenvalue weighted by Gasteiger charge is 2.14. The first-order valence-corrected chi connectivity index (χ1v) is 6.12. The predicted octanol–water partition coefficient (Wildman–Crippen LogP) is 2.17. The number of anilines is 1. The molecule has 4 nitrogen and oxygen atoms in total. The van der Waals surface area contributed by atoms with Crippen LogP contribution in [0.2, 0.25) is 0 Å². The van der Waals surface area contributed by atoms with E-state index in [1.807, 2.05) is 0 Å². The maximum Gasteiger partial charge on any atom is 0.225 e. The van der Waals surface area contributed by atoms with Crippen molar-refractivity contribution in [1.82, 2.24) is 4.98 Å². The third-order valence-electron chi connectivity index (χ3n) is 2.61. The van der Waals surface area contributed by atoms with Crippen molar-refractivity contribution in [3.63, 3.8) is 0 Å². The van der Waals surface area contributed by atoms with E-state index in [-0.39, 0.29) is 11.8 Å². The lowest BCUT2D eigenvalue weighted by Gasteiger charge is -2.16. The molecule has 3 N–H and O–H groups in total. The van der Waals surface area contributed by atoms with Gasteiger partial charge in [-0.2, -0.15) is 0 Å². The number of rotatable bonds is 6. The number of hydrogen-bond donors (Lipinski definition) is 2. The van der Waals surface area contributed by atoms with Crippen LogP contribution in [-0.2, 0) is 4.79 Å². The molecule has 1 unspecified atom stereocenters. The summed E-state index contributed by atoms with van der Waals surface area (Å²) in [5, 5.41) is 2.63. The van der Waals surface area contributed by atoms with Gasteiger partial charge in [0, 0.05) is 6.42 Å². The molecule has 1 aromatic heterocycles. The first-order valence-electron chi connectivity index (χ1n) is 6.12. The zero-order chi connectivity index (χ0) is 13.5. The Morgan fingerprint density at radius 1 is 1.50 bits per heavy atom. The lowest BCUT2D eigenvalue weighted by atomic mass is 9.94. The quantitative estimate of drug-likeness (QED) is 0.816. The number of nitrogens with two attached hydrogens (primary N) is 1. The van der Waals surface area contributed by atoms with Crippen LogP contribution in [0.25, 0.3) is 0 Å². The number of nitrogens with one attached hydrogen (secondary N) is 1. The molecule has 0 radical (unpaired) electrons. The first-order chi connectivity index (χ1) is 8.51. The topological polar surface area (TPSA) is 68.0 Å². The van der Waals surface area contributed by atoms with E-state index in [4.69, 9.17) is 5.73 Å². The second-order valence-corrected chi connectivity index (χ2v) is 4.85. The van der Waals surface area contributed by atoms with Gasteiger partial charge in [-0.25, -0.2) is 9.37 Å². The van der Waals surface area contributed by atoms with Gasteiger partial charge in [0.15, 0.2) is 0 Å². The minimum atomic E-state index is -0.423. The van der Waals surface area contributed by atoms with Crippen molar-refractivity contribution < 1.29 is 9.18 Å². The zero-order valence-corrected chi connectivity index (χ0v) is 10.8. The number of halogens is 1. The number of amides is 1. The summed E-state index contributed by atoms with van der Waals surface area (Å²) in [5.74, 6) is 0.486. The van der Waals surface area contributed by atoms with Crippen LogP contribution >= 0.6 is 0 Å². The van der Waals surface area contributed by atoms with Gasteiger partial charge in [-0.3, -0.25) is 4.79 Å². The minimum Gasteiger partial charge on any atom is -0.330 e. The van der Waals surface area contributed by atoms with Gasteiger partial charge < -0.3 is 11.1 Å². The summed E-state index contributed by atoms with van der Waals surface area (Å²) in [6, 6.07) is 2.70. The Hall–Kier alpha value is -1.49. The summed E-state index contributed by atoms with van der Waals surface area (Å²) < 4.78 is 12.6. The molecule has 0 aliphatic heterocycles. The molecule has 0 bridgehead atoms. The van der Waals surface area contributed by atoms with Crippen molar-refractivity contribution in [1.29, 1.82) is 0 Å². The molecule has 0 aromatic carbocycles. The van der Waals surface area contributed by atoms with E-state index in [1.165, 1.54) is 12.1 Å². The highest BCUT2D eigenvalue weighted by molar-refractivity contribution is 5.89. The molecule has 1 atom stereocenters. The minimum absolute atomic E-state index is 0.134. The maximum atomic E-state index is 12.6. The molecule has 0 saturated heterocycles. The van der Waals surface area contributed by atoms with Gasteiger partial charge in [0.2, 0.25) is 5.91 Å². The summed E-state index contributed by atoms with van der Waals surface area (Å²) >= 11 is 0. The molecule has 100 valence electrons. The normalized spacial score (nSPS) is 12.5. The number of aromatic nitrogens is 1. The number of nitrogens with zero attached hydrogens (tertiary/aromatic N) is 1. The fourth-order valence-electron chi connectivity index (χ4n) is 1.84. The fourth-order valence-corrected chi connectivity index (χ4v) is 1.84. The second kappa shape index (κ2) is 7.06. The smallest absolute Gasteiger partial charge is 0.225 e.